The van der Waals surface area contributed by atoms with Gasteiger partial charge < -0.3 is 19.5 Å². The van der Waals surface area contributed by atoms with E-state index in [4.69, 9.17) is 4.74 Å². The zero-order chi connectivity index (χ0) is 28.1. The number of methoxy groups -OCH3 is 1. The number of amides is 2. The van der Waals surface area contributed by atoms with Crippen LogP contribution in [0.2, 0.25) is 0 Å². The number of piperidine rings is 1. The fourth-order valence-corrected chi connectivity index (χ4v) is 7.39. The van der Waals surface area contributed by atoms with Crippen LogP contribution < -0.4 is 4.74 Å². The summed E-state index contributed by atoms with van der Waals surface area (Å²) in [6.07, 6.45) is 1.73. The van der Waals surface area contributed by atoms with Crippen LogP contribution in [0.3, 0.4) is 0 Å². The Morgan fingerprint density at radius 2 is 1.63 bits per heavy atom. The molecule has 1 N–H and O–H groups in total. The summed E-state index contributed by atoms with van der Waals surface area (Å²) in [6, 6.07) is 26.8. The highest BCUT2D eigenvalue weighted by Gasteiger charge is 2.57. The summed E-state index contributed by atoms with van der Waals surface area (Å²) in [5.41, 5.74) is 4.12. The number of hydrogen-bond donors (Lipinski definition) is 1. The quantitative estimate of drug-likeness (QED) is 0.386. The molecule has 210 valence electrons. The Morgan fingerprint density at radius 1 is 0.927 bits per heavy atom. The van der Waals surface area contributed by atoms with E-state index in [0.29, 0.717) is 6.54 Å². The molecule has 2 atom stereocenters. The van der Waals surface area contributed by atoms with Gasteiger partial charge in [-0.2, -0.15) is 0 Å². The van der Waals surface area contributed by atoms with E-state index in [1.54, 1.807) is 7.11 Å². The lowest BCUT2D eigenvalue weighted by molar-refractivity contribution is -0.169. The number of fused-ring (bicyclic) bond motifs is 5. The molecule has 2 amide bonds. The van der Waals surface area contributed by atoms with Crippen LogP contribution in [0, 0.1) is 0 Å². The highest BCUT2D eigenvalue weighted by Crippen LogP contribution is 2.49. The van der Waals surface area contributed by atoms with Crippen LogP contribution in [-0.2, 0) is 21.7 Å². The molecule has 2 fully saturated rings. The van der Waals surface area contributed by atoms with Gasteiger partial charge in [-0.25, -0.2) is 0 Å². The summed E-state index contributed by atoms with van der Waals surface area (Å²) in [7, 11) is 1.68. The molecule has 0 radical (unpaired) electrons. The van der Waals surface area contributed by atoms with Gasteiger partial charge in [-0.05, 0) is 43.0 Å². The average molecular weight is 549 g/mol. The van der Waals surface area contributed by atoms with E-state index in [2.05, 4.69) is 52.3 Å². The third kappa shape index (κ3) is 4.13. The number of nitrogens with one attached hydrogen (secondary N) is 1. The van der Waals surface area contributed by atoms with Gasteiger partial charge in [-0.15, -0.1) is 0 Å². The Bertz CT molecular complexity index is 1610. The molecule has 0 bridgehead atoms. The van der Waals surface area contributed by atoms with Gasteiger partial charge in [0.1, 0.15) is 12.3 Å². The lowest BCUT2D eigenvalue weighted by Crippen LogP contribution is -2.69. The molecule has 41 heavy (non-hydrogen) atoms. The Labute approximate surface area is 240 Å². The van der Waals surface area contributed by atoms with Crippen molar-refractivity contribution in [1.82, 2.24) is 19.7 Å². The van der Waals surface area contributed by atoms with Gasteiger partial charge >= 0.3 is 0 Å². The molecule has 3 aliphatic rings. The van der Waals surface area contributed by atoms with E-state index >= 15 is 0 Å². The molecule has 7 heteroatoms. The van der Waals surface area contributed by atoms with Crippen molar-refractivity contribution in [3.63, 3.8) is 0 Å². The topological polar surface area (TPSA) is 68.9 Å². The summed E-state index contributed by atoms with van der Waals surface area (Å²) < 4.78 is 5.76. The third-order valence-corrected chi connectivity index (χ3v) is 9.53. The van der Waals surface area contributed by atoms with Gasteiger partial charge in [-0.3, -0.25) is 14.5 Å². The third-order valence-electron chi connectivity index (χ3n) is 9.53. The van der Waals surface area contributed by atoms with Crippen molar-refractivity contribution >= 4 is 22.7 Å². The minimum absolute atomic E-state index is 0.00280. The second-order valence-electron chi connectivity index (χ2n) is 11.8. The number of para-hydroxylation sites is 2. The lowest BCUT2D eigenvalue weighted by atomic mass is 9.75. The number of nitrogens with zero attached hydrogens (tertiary/aromatic N) is 3. The van der Waals surface area contributed by atoms with E-state index in [-0.39, 0.29) is 30.3 Å². The Balaban J connectivity index is 1.23. The van der Waals surface area contributed by atoms with E-state index in [1.807, 2.05) is 53.1 Å². The number of benzene rings is 3. The molecule has 3 aromatic carbocycles. The molecule has 0 saturated carbocycles. The van der Waals surface area contributed by atoms with Crippen molar-refractivity contribution in [3.05, 3.63) is 101 Å². The number of hydrogen-bond acceptors (Lipinski definition) is 4. The highest BCUT2D eigenvalue weighted by atomic mass is 16.5. The molecule has 4 aromatic rings. The van der Waals surface area contributed by atoms with Crippen molar-refractivity contribution in [2.45, 2.75) is 43.8 Å². The van der Waals surface area contributed by atoms with E-state index in [0.717, 1.165) is 65.9 Å². The number of carbonyl (C=O) groups excluding carboxylic acids is 2. The Kier molecular flexibility index (Phi) is 6.35. The first-order chi connectivity index (χ1) is 20.0. The summed E-state index contributed by atoms with van der Waals surface area (Å²) in [4.78, 5) is 38.3. The van der Waals surface area contributed by atoms with Crippen LogP contribution in [0.1, 0.15) is 48.1 Å². The second-order valence-corrected chi connectivity index (χ2v) is 11.8. The molecular formula is C34H36N4O3. The maximum absolute atomic E-state index is 14.6. The highest BCUT2D eigenvalue weighted by molar-refractivity contribution is 6.01. The van der Waals surface area contributed by atoms with Crippen molar-refractivity contribution in [2.75, 3.05) is 33.3 Å². The zero-order valence-corrected chi connectivity index (χ0v) is 23.7. The van der Waals surface area contributed by atoms with E-state index < -0.39 is 5.54 Å². The number of carbonyl (C=O) groups is 2. The number of likely N-dealkylation sites (tertiary alicyclic amines) is 1. The standard InChI is InChI=1S/C34H36N4O3/c1-34-32-31(26-13-6-8-14-28(26)35-32)27(25-12-7-9-15-29(25)41-2)21-38(34)30(39)22-37(33(34)40)24-16-18-36(19-17-24)20-23-10-4-3-5-11-23/h3-15,24,27,35H,16-22H2,1-2H3. The van der Waals surface area contributed by atoms with Gasteiger partial charge in [-0.1, -0.05) is 66.7 Å². The fourth-order valence-electron chi connectivity index (χ4n) is 7.39. The van der Waals surface area contributed by atoms with Crippen molar-refractivity contribution < 1.29 is 14.3 Å². The first kappa shape index (κ1) is 25.8. The molecule has 7 rings (SSSR count). The van der Waals surface area contributed by atoms with Crippen LogP contribution in [0.4, 0.5) is 0 Å². The maximum Gasteiger partial charge on any atom is 0.255 e. The van der Waals surface area contributed by atoms with Crippen LogP contribution in [0.15, 0.2) is 78.9 Å². The number of aromatic amines is 1. The molecule has 1 aromatic heterocycles. The van der Waals surface area contributed by atoms with Gasteiger partial charge in [0.2, 0.25) is 5.91 Å². The van der Waals surface area contributed by atoms with E-state index in [9.17, 15) is 9.59 Å². The van der Waals surface area contributed by atoms with Gasteiger partial charge in [0.25, 0.3) is 5.91 Å². The largest absolute Gasteiger partial charge is 0.496 e. The fraction of sp³-hybridized carbons (Fsp3) is 0.353. The maximum atomic E-state index is 14.6. The molecule has 0 aliphatic carbocycles. The molecule has 7 nitrogen and oxygen atoms in total. The average Bonchev–Trinajstić information content (AvgIpc) is 3.41. The van der Waals surface area contributed by atoms with Crippen LogP contribution in [-0.4, -0.2) is 70.8 Å². The number of piperazine rings is 1. The Morgan fingerprint density at radius 3 is 2.41 bits per heavy atom. The number of ether oxygens (including phenoxy) is 1. The summed E-state index contributed by atoms with van der Waals surface area (Å²) >= 11 is 0. The second kappa shape index (κ2) is 10.1. The minimum atomic E-state index is -1.09. The van der Waals surface area contributed by atoms with E-state index in [1.165, 1.54) is 5.56 Å². The monoisotopic (exact) mass is 548 g/mol. The van der Waals surface area contributed by atoms with Gasteiger partial charge in [0.05, 0.1) is 12.8 Å². The molecule has 3 aliphatic heterocycles. The zero-order valence-electron chi connectivity index (χ0n) is 23.7. The normalized spacial score (nSPS) is 23.5. The number of H-pyrrole nitrogens is 1. The molecule has 2 unspecified atom stereocenters. The smallest absolute Gasteiger partial charge is 0.255 e. The number of rotatable bonds is 5. The first-order valence-electron chi connectivity index (χ1n) is 14.6. The van der Waals surface area contributed by atoms with Crippen LogP contribution >= 0.6 is 0 Å². The predicted molar refractivity (Wildman–Crippen MR) is 159 cm³/mol. The van der Waals surface area contributed by atoms with Crippen molar-refractivity contribution in [1.29, 1.82) is 0 Å². The molecular weight excluding hydrogens is 512 g/mol. The number of aromatic nitrogens is 1. The molecule has 4 heterocycles. The Hall–Kier alpha value is -4.10. The molecule has 2 saturated heterocycles. The SMILES string of the molecule is COc1ccccc1C1CN2C(=O)CN(C3CCN(Cc4ccccc4)CC3)C(=O)C2(C)c2[nH]c3ccccc3c21. The van der Waals surface area contributed by atoms with Crippen molar-refractivity contribution in [2.24, 2.45) is 0 Å². The van der Waals surface area contributed by atoms with Crippen LogP contribution in [0.25, 0.3) is 10.9 Å². The summed E-state index contributed by atoms with van der Waals surface area (Å²) in [5, 5.41) is 1.09. The molecule has 0 spiro atoms. The minimum Gasteiger partial charge on any atom is -0.496 e. The predicted octanol–water partition coefficient (Wildman–Crippen LogP) is 4.87. The van der Waals surface area contributed by atoms with Gasteiger partial charge in [0, 0.05) is 54.6 Å². The first-order valence-corrected chi connectivity index (χ1v) is 14.6. The lowest BCUT2D eigenvalue weighted by Gasteiger charge is -2.53. The van der Waals surface area contributed by atoms with Crippen LogP contribution in [0.5, 0.6) is 5.75 Å². The van der Waals surface area contributed by atoms with Gasteiger partial charge in [0.15, 0.2) is 5.54 Å². The summed E-state index contributed by atoms with van der Waals surface area (Å²) in [6.45, 7) is 5.23. The van der Waals surface area contributed by atoms with Crippen molar-refractivity contribution in [3.8, 4) is 5.75 Å². The summed E-state index contributed by atoms with van der Waals surface area (Å²) in [5.74, 6) is 0.694.